The smallest absolute Gasteiger partial charge is 0.0210 e. The van der Waals surface area contributed by atoms with Crippen LogP contribution in [0.2, 0.25) is 0 Å². The van der Waals surface area contributed by atoms with E-state index in [1.54, 1.807) is 0 Å². The van der Waals surface area contributed by atoms with Crippen LogP contribution in [0.15, 0.2) is 54.6 Å². The number of benzene rings is 2. The first-order valence-electron chi connectivity index (χ1n) is 7.16. The summed E-state index contributed by atoms with van der Waals surface area (Å²) in [7, 11) is 0. The molecule has 0 unspecified atom stereocenters. The van der Waals surface area contributed by atoms with Crippen molar-refractivity contribution in [2.75, 3.05) is 0 Å². The molecule has 1 aliphatic carbocycles. The zero-order valence-corrected chi connectivity index (χ0v) is 11.5. The van der Waals surface area contributed by atoms with E-state index in [-0.39, 0.29) is 0 Å². The third kappa shape index (κ3) is 2.87. The predicted octanol–water partition coefficient (Wildman–Crippen LogP) is 4.03. The van der Waals surface area contributed by atoms with E-state index in [9.17, 15) is 0 Å². The Morgan fingerprint density at radius 1 is 0.947 bits per heavy atom. The standard InChI is InChI=1S/C18H21N/c1-14-7-5-6-10-16(14)13-19-18-11-17(12-18)15-8-3-2-4-9-15/h2-10,17-19H,11-13H2,1H3. The maximum absolute atomic E-state index is 3.68. The molecule has 0 heterocycles. The number of nitrogens with one attached hydrogen (secondary N) is 1. The normalized spacial score (nSPS) is 21.9. The van der Waals surface area contributed by atoms with Crippen molar-refractivity contribution in [2.45, 2.75) is 38.3 Å². The topological polar surface area (TPSA) is 12.0 Å². The van der Waals surface area contributed by atoms with E-state index in [4.69, 9.17) is 0 Å². The van der Waals surface area contributed by atoms with Crippen LogP contribution in [-0.4, -0.2) is 6.04 Å². The van der Waals surface area contributed by atoms with Gasteiger partial charge in [0.25, 0.3) is 0 Å². The van der Waals surface area contributed by atoms with E-state index in [1.807, 2.05) is 0 Å². The Kier molecular flexibility index (Phi) is 3.65. The molecule has 0 saturated heterocycles. The maximum atomic E-state index is 3.68. The lowest BCUT2D eigenvalue weighted by Crippen LogP contribution is -2.39. The lowest BCUT2D eigenvalue weighted by molar-refractivity contribution is 0.289. The zero-order valence-electron chi connectivity index (χ0n) is 11.5. The van der Waals surface area contributed by atoms with E-state index in [0.29, 0.717) is 6.04 Å². The van der Waals surface area contributed by atoms with Crippen molar-refractivity contribution in [3.63, 3.8) is 0 Å². The molecule has 1 heteroatoms. The van der Waals surface area contributed by atoms with Crippen molar-refractivity contribution in [2.24, 2.45) is 0 Å². The van der Waals surface area contributed by atoms with Crippen molar-refractivity contribution >= 4 is 0 Å². The van der Waals surface area contributed by atoms with Gasteiger partial charge in [-0.2, -0.15) is 0 Å². The van der Waals surface area contributed by atoms with Crippen LogP contribution in [0.1, 0.15) is 35.4 Å². The van der Waals surface area contributed by atoms with Crippen LogP contribution in [0.3, 0.4) is 0 Å². The molecule has 2 aromatic rings. The Hall–Kier alpha value is -1.60. The first-order chi connectivity index (χ1) is 9.33. The Bertz CT molecular complexity index is 526. The summed E-state index contributed by atoms with van der Waals surface area (Å²) in [5.74, 6) is 0.760. The molecule has 1 aliphatic rings. The van der Waals surface area contributed by atoms with Gasteiger partial charge in [0.05, 0.1) is 0 Å². The van der Waals surface area contributed by atoms with Crippen molar-refractivity contribution in [3.8, 4) is 0 Å². The van der Waals surface area contributed by atoms with Crippen LogP contribution in [0, 0.1) is 6.92 Å². The summed E-state index contributed by atoms with van der Waals surface area (Å²) in [5.41, 5.74) is 4.30. The molecule has 98 valence electrons. The molecule has 0 aliphatic heterocycles. The highest BCUT2D eigenvalue weighted by Gasteiger charge is 2.29. The molecule has 0 aromatic heterocycles. The van der Waals surface area contributed by atoms with Crippen LogP contribution in [0.5, 0.6) is 0 Å². The molecule has 1 N–H and O–H groups in total. The summed E-state index contributed by atoms with van der Waals surface area (Å²) < 4.78 is 0. The van der Waals surface area contributed by atoms with E-state index in [2.05, 4.69) is 66.8 Å². The molecule has 0 spiro atoms. The van der Waals surface area contributed by atoms with Gasteiger partial charge in [-0.3, -0.25) is 0 Å². The van der Waals surface area contributed by atoms with Gasteiger partial charge in [0.2, 0.25) is 0 Å². The highest BCUT2D eigenvalue weighted by Crippen LogP contribution is 2.36. The number of hydrogen-bond donors (Lipinski definition) is 1. The SMILES string of the molecule is Cc1ccccc1CNC1CC(c2ccccc2)C1. The van der Waals surface area contributed by atoms with Gasteiger partial charge in [0.1, 0.15) is 0 Å². The van der Waals surface area contributed by atoms with E-state index >= 15 is 0 Å². The van der Waals surface area contributed by atoms with Crippen LogP contribution < -0.4 is 5.32 Å². The first-order valence-corrected chi connectivity index (χ1v) is 7.16. The Morgan fingerprint density at radius 3 is 2.37 bits per heavy atom. The molecule has 19 heavy (non-hydrogen) atoms. The summed E-state index contributed by atoms with van der Waals surface area (Å²) >= 11 is 0. The molecule has 0 atom stereocenters. The van der Waals surface area contributed by atoms with E-state index in [0.717, 1.165) is 12.5 Å². The molecular formula is C18H21N. The van der Waals surface area contributed by atoms with Crippen LogP contribution in [0.25, 0.3) is 0 Å². The summed E-state index contributed by atoms with van der Waals surface area (Å²) in [5, 5.41) is 3.68. The van der Waals surface area contributed by atoms with Gasteiger partial charge in [0, 0.05) is 12.6 Å². The third-order valence-corrected chi connectivity index (χ3v) is 4.25. The second kappa shape index (κ2) is 5.58. The fourth-order valence-electron chi connectivity index (χ4n) is 2.84. The van der Waals surface area contributed by atoms with Gasteiger partial charge >= 0.3 is 0 Å². The van der Waals surface area contributed by atoms with Gasteiger partial charge < -0.3 is 5.32 Å². The average Bonchev–Trinajstić information content (AvgIpc) is 2.40. The minimum Gasteiger partial charge on any atom is -0.310 e. The van der Waals surface area contributed by atoms with Gasteiger partial charge in [-0.1, -0.05) is 54.6 Å². The number of aryl methyl sites for hydroxylation is 1. The second-order valence-electron chi connectivity index (χ2n) is 5.58. The third-order valence-electron chi connectivity index (χ3n) is 4.25. The molecular weight excluding hydrogens is 230 g/mol. The molecule has 0 amide bonds. The van der Waals surface area contributed by atoms with Crippen LogP contribution in [-0.2, 0) is 6.54 Å². The Labute approximate surface area is 115 Å². The van der Waals surface area contributed by atoms with Gasteiger partial charge in [-0.25, -0.2) is 0 Å². The first kappa shape index (κ1) is 12.4. The minimum atomic E-state index is 0.685. The van der Waals surface area contributed by atoms with Gasteiger partial charge in [0.15, 0.2) is 0 Å². The molecule has 1 fully saturated rings. The highest BCUT2D eigenvalue weighted by atomic mass is 14.9. The van der Waals surface area contributed by atoms with Crippen molar-refractivity contribution in [1.82, 2.24) is 5.32 Å². The summed E-state index contributed by atoms with van der Waals surface area (Å²) in [6.07, 6.45) is 2.55. The van der Waals surface area contributed by atoms with Crippen molar-refractivity contribution < 1.29 is 0 Å². The Balaban J connectivity index is 1.49. The number of rotatable bonds is 4. The minimum absolute atomic E-state index is 0.685. The highest BCUT2D eigenvalue weighted by molar-refractivity contribution is 5.26. The van der Waals surface area contributed by atoms with E-state index in [1.165, 1.54) is 29.5 Å². The molecule has 3 rings (SSSR count). The number of hydrogen-bond acceptors (Lipinski definition) is 1. The largest absolute Gasteiger partial charge is 0.310 e. The quantitative estimate of drug-likeness (QED) is 0.865. The molecule has 0 bridgehead atoms. The van der Waals surface area contributed by atoms with Crippen molar-refractivity contribution in [3.05, 3.63) is 71.3 Å². The lowest BCUT2D eigenvalue weighted by Gasteiger charge is -2.36. The fraction of sp³-hybridized carbons (Fsp3) is 0.333. The van der Waals surface area contributed by atoms with Gasteiger partial charge in [-0.15, -0.1) is 0 Å². The summed E-state index contributed by atoms with van der Waals surface area (Å²) in [6.45, 7) is 3.18. The maximum Gasteiger partial charge on any atom is 0.0210 e. The summed E-state index contributed by atoms with van der Waals surface area (Å²) in [6, 6.07) is 20.2. The fourth-order valence-corrected chi connectivity index (χ4v) is 2.84. The summed E-state index contributed by atoms with van der Waals surface area (Å²) in [4.78, 5) is 0. The predicted molar refractivity (Wildman–Crippen MR) is 80.2 cm³/mol. The molecule has 0 radical (unpaired) electrons. The zero-order chi connectivity index (χ0) is 13.1. The monoisotopic (exact) mass is 251 g/mol. The molecule has 2 aromatic carbocycles. The van der Waals surface area contributed by atoms with Gasteiger partial charge in [-0.05, 0) is 42.4 Å². The molecule has 1 nitrogen and oxygen atoms in total. The van der Waals surface area contributed by atoms with Crippen molar-refractivity contribution in [1.29, 1.82) is 0 Å². The van der Waals surface area contributed by atoms with E-state index < -0.39 is 0 Å². The second-order valence-corrected chi connectivity index (χ2v) is 5.58. The lowest BCUT2D eigenvalue weighted by atomic mass is 9.76. The van der Waals surface area contributed by atoms with Crippen LogP contribution in [0.4, 0.5) is 0 Å². The Morgan fingerprint density at radius 2 is 1.63 bits per heavy atom. The molecule has 1 saturated carbocycles. The average molecular weight is 251 g/mol. The van der Waals surface area contributed by atoms with Crippen LogP contribution >= 0.6 is 0 Å².